The van der Waals surface area contributed by atoms with Gasteiger partial charge in [-0.1, -0.05) is 18.2 Å². The number of carbonyl (C=O) groups is 1. The van der Waals surface area contributed by atoms with Crippen molar-refractivity contribution in [2.24, 2.45) is 0 Å². The normalized spacial score (nSPS) is 10.1. The molecule has 3 nitrogen and oxygen atoms in total. The van der Waals surface area contributed by atoms with E-state index in [9.17, 15) is 4.79 Å². The van der Waals surface area contributed by atoms with Crippen LogP contribution in [0, 0.1) is 13.8 Å². The van der Waals surface area contributed by atoms with Crippen molar-refractivity contribution in [3.8, 4) is 11.5 Å². The van der Waals surface area contributed by atoms with Crippen molar-refractivity contribution in [2.75, 3.05) is 13.2 Å². The number of aryl methyl sites for hydroxylation is 2. The summed E-state index contributed by atoms with van der Waals surface area (Å²) in [5, 5.41) is 0. The molecule has 0 bridgehead atoms. The van der Waals surface area contributed by atoms with Crippen molar-refractivity contribution in [1.82, 2.24) is 0 Å². The van der Waals surface area contributed by atoms with Crippen molar-refractivity contribution in [2.45, 2.75) is 13.8 Å². The van der Waals surface area contributed by atoms with Crippen molar-refractivity contribution in [1.29, 1.82) is 0 Å². The zero-order valence-corrected chi connectivity index (χ0v) is 11.8. The molecular weight excluding hydrogens is 252 g/mol. The van der Waals surface area contributed by atoms with Crippen LogP contribution in [0.15, 0.2) is 42.5 Å². The first-order valence-electron chi connectivity index (χ1n) is 6.58. The first-order chi connectivity index (χ1) is 9.70. The van der Waals surface area contributed by atoms with Gasteiger partial charge >= 0.3 is 0 Å². The summed E-state index contributed by atoms with van der Waals surface area (Å²) in [6, 6.07) is 13.1. The Hall–Kier alpha value is -2.29. The molecule has 0 atom stereocenters. The molecule has 0 N–H and O–H groups in total. The van der Waals surface area contributed by atoms with Gasteiger partial charge in [0.2, 0.25) is 0 Å². The van der Waals surface area contributed by atoms with Crippen LogP contribution in [0.3, 0.4) is 0 Å². The van der Waals surface area contributed by atoms with Crippen LogP contribution in [0.5, 0.6) is 11.5 Å². The number of aldehydes is 1. The average molecular weight is 270 g/mol. The molecule has 0 saturated heterocycles. The zero-order valence-electron chi connectivity index (χ0n) is 11.8. The average Bonchev–Trinajstić information content (AvgIpc) is 2.46. The molecule has 0 radical (unpaired) electrons. The predicted octanol–water partition coefficient (Wildman–Crippen LogP) is 3.57. The van der Waals surface area contributed by atoms with Gasteiger partial charge in [-0.3, -0.25) is 4.79 Å². The maximum absolute atomic E-state index is 10.5. The van der Waals surface area contributed by atoms with Crippen LogP contribution in [0.2, 0.25) is 0 Å². The van der Waals surface area contributed by atoms with Gasteiger partial charge in [0.1, 0.15) is 31.0 Å². The topological polar surface area (TPSA) is 35.5 Å². The molecule has 20 heavy (non-hydrogen) atoms. The minimum Gasteiger partial charge on any atom is -0.490 e. The highest BCUT2D eigenvalue weighted by Gasteiger charge is 2.03. The number of hydrogen-bond donors (Lipinski definition) is 0. The number of carbonyl (C=O) groups excluding carboxylic acids is 1. The summed E-state index contributed by atoms with van der Waals surface area (Å²) in [7, 11) is 0. The third-order valence-corrected chi connectivity index (χ3v) is 3.02. The number of hydrogen-bond acceptors (Lipinski definition) is 3. The second kappa shape index (κ2) is 6.75. The molecule has 0 aliphatic carbocycles. The van der Waals surface area contributed by atoms with Crippen molar-refractivity contribution in [3.63, 3.8) is 0 Å². The maximum atomic E-state index is 10.5. The molecular formula is C17H18O3. The van der Waals surface area contributed by atoms with Crippen LogP contribution in [0.4, 0.5) is 0 Å². The summed E-state index contributed by atoms with van der Waals surface area (Å²) < 4.78 is 11.3. The number of para-hydroxylation sites is 1. The van der Waals surface area contributed by atoms with E-state index in [1.54, 1.807) is 24.3 Å². The molecule has 2 aromatic rings. The third-order valence-electron chi connectivity index (χ3n) is 3.02. The van der Waals surface area contributed by atoms with E-state index in [4.69, 9.17) is 9.47 Å². The molecule has 0 aromatic heterocycles. The van der Waals surface area contributed by atoms with Gasteiger partial charge in [0, 0.05) is 5.56 Å². The maximum Gasteiger partial charge on any atom is 0.150 e. The van der Waals surface area contributed by atoms with Crippen molar-refractivity contribution >= 4 is 6.29 Å². The molecule has 0 amide bonds. The SMILES string of the molecule is Cc1cccc(C)c1OCCOc1ccc(C=O)cc1. The molecule has 0 unspecified atom stereocenters. The fourth-order valence-corrected chi connectivity index (χ4v) is 1.97. The molecule has 0 aliphatic rings. The molecule has 0 aliphatic heterocycles. The van der Waals surface area contributed by atoms with Crippen LogP contribution in [-0.4, -0.2) is 19.5 Å². The number of ether oxygens (including phenoxy) is 2. The monoisotopic (exact) mass is 270 g/mol. The molecule has 3 heteroatoms. The first-order valence-corrected chi connectivity index (χ1v) is 6.58. The van der Waals surface area contributed by atoms with Gasteiger partial charge in [-0.15, -0.1) is 0 Å². The van der Waals surface area contributed by atoms with Gasteiger partial charge in [-0.2, -0.15) is 0 Å². The second-order valence-corrected chi connectivity index (χ2v) is 4.60. The van der Waals surface area contributed by atoms with E-state index in [0.717, 1.165) is 28.9 Å². The van der Waals surface area contributed by atoms with E-state index >= 15 is 0 Å². The minimum atomic E-state index is 0.466. The Morgan fingerprint density at radius 2 is 1.50 bits per heavy atom. The minimum absolute atomic E-state index is 0.466. The van der Waals surface area contributed by atoms with Crippen LogP contribution in [-0.2, 0) is 0 Å². The van der Waals surface area contributed by atoms with Gasteiger partial charge in [0.25, 0.3) is 0 Å². The van der Waals surface area contributed by atoms with E-state index in [-0.39, 0.29) is 0 Å². The highest BCUT2D eigenvalue weighted by Crippen LogP contribution is 2.22. The van der Waals surface area contributed by atoms with Crippen LogP contribution in [0.25, 0.3) is 0 Å². The van der Waals surface area contributed by atoms with E-state index < -0.39 is 0 Å². The van der Waals surface area contributed by atoms with E-state index in [2.05, 4.69) is 0 Å². The quantitative estimate of drug-likeness (QED) is 0.594. The Bertz CT molecular complexity index is 553. The Morgan fingerprint density at radius 3 is 2.10 bits per heavy atom. The highest BCUT2D eigenvalue weighted by atomic mass is 16.5. The summed E-state index contributed by atoms with van der Waals surface area (Å²) in [5.74, 6) is 1.66. The molecule has 0 saturated carbocycles. The number of rotatable bonds is 6. The van der Waals surface area contributed by atoms with Crippen LogP contribution >= 0.6 is 0 Å². The summed E-state index contributed by atoms with van der Waals surface area (Å²) in [5.41, 5.74) is 2.89. The van der Waals surface area contributed by atoms with E-state index in [1.807, 2.05) is 32.0 Å². The van der Waals surface area contributed by atoms with Crippen molar-refractivity contribution in [3.05, 3.63) is 59.2 Å². The van der Waals surface area contributed by atoms with E-state index in [0.29, 0.717) is 18.8 Å². The fraction of sp³-hybridized carbons (Fsp3) is 0.235. The zero-order chi connectivity index (χ0) is 14.4. The van der Waals surface area contributed by atoms with E-state index in [1.165, 1.54) is 0 Å². The van der Waals surface area contributed by atoms with Gasteiger partial charge in [-0.05, 0) is 49.2 Å². The summed E-state index contributed by atoms with van der Waals surface area (Å²) in [6.07, 6.45) is 0.813. The fourth-order valence-electron chi connectivity index (χ4n) is 1.97. The summed E-state index contributed by atoms with van der Waals surface area (Å²) in [4.78, 5) is 10.5. The molecule has 0 spiro atoms. The molecule has 0 heterocycles. The Kier molecular flexibility index (Phi) is 4.77. The highest BCUT2D eigenvalue weighted by molar-refractivity contribution is 5.74. The van der Waals surface area contributed by atoms with Crippen LogP contribution in [0.1, 0.15) is 21.5 Å². The number of benzene rings is 2. The Morgan fingerprint density at radius 1 is 0.900 bits per heavy atom. The standard InChI is InChI=1S/C17H18O3/c1-13-4-3-5-14(2)17(13)20-11-10-19-16-8-6-15(12-18)7-9-16/h3-9,12H,10-11H2,1-2H3. The van der Waals surface area contributed by atoms with Gasteiger partial charge in [0.15, 0.2) is 0 Å². The lowest BCUT2D eigenvalue weighted by molar-refractivity contribution is 0.112. The lowest BCUT2D eigenvalue weighted by Crippen LogP contribution is -2.10. The first kappa shape index (κ1) is 14.1. The summed E-state index contributed by atoms with van der Waals surface area (Å²) >= 11 is 0. The second-order valence-electron chi connectivity index (χ2n) is 4.60. The predicted molar refractivity (Wildman–Crippen MR) is 78.7 cm³/mol. The molecule has 2 aromatic carbocycles. The van der Waals surface area contributed by atoms with Gasteiger partial charge in [-0.25, -0.2) is 0 Å². The lowest BCUT2D eigenvalue weighted by Gasteiger charge is -2.12. The Balaban J connectivity index is 1.82. The molecule has 104 valence electrons. The summed E-state index contributed by atoms with van der Waals surface area (Å²) in [6.45, 7) is 5.01. The Labute approximate surface area is 119 Å². The largest absolute Gasteiger partial charge is 0.490 e. The molecule has 2 rings (SSSR count). The smallest absolute Gasteiger partial charge is 0.150 e. The van der Waals surface area contributed by atoms with Crippen molar-refractivity contribution < 1.29 is 14.3 Å². The van der Waals surface area contributed by atoms with Gasteiger partial charge in [0.05, 0.1) is 0 Å². The third kappa shape index (κ3) is 3.60. The lowest BCUT2D eigenvalue weighted by atomic mass is 10.1. The van der Waals surface area contributed by atoms with Crippen LogP contribution < -0.4 is 9.47 Å². The van der Waals surface area contributed by atoms with Gasteiger partial charge < -0.3 is 9.47 Å². The molecule has 0 fully saturated rings.